The zero-order valence-corrected chi connectivity index (χ0v) is 17.9. The van der Waals surface area contributed by atoms with Gasteiger partial charge in [0.25, 0.3) is 5.91 Å². The Kier molecular flexibility index (Phi) is 5.82. The fraction of sp³-hybridized carbons (Fsp3) is 0.350. The van der Waals surface area contributed by atoms with Crippen LogP contribution in [0, 0.1) is 13.8 Å². The van der Waals surface area contributed by atoms with Crippen LogP contribution in [0.1, 0.15) is 40.7 Å². The third-order valence-corrected chi connectivity index (χ3v) is 6.42. The summed E-state index contributed by atoms with van der Waals surface area (Å²) in [5.41, 5.74) is 3.74. The van der Waals surface area contributed by atoms with Crippen molar-refractivity contribution in [2.75, 3.05) is 13.1 Å². The second kappa shape index (κ2) is 8.51. The third-order valence-electron chi connectivity index (χ3n) is 5.06. The van der Waals surface area contributed by atoms with E-state index in [1.165, 1.54) is 23.7 Å². The highest BCUT2D eigenvalue weighted by molar-refractivity contribution is 7.99. The monoisotopic (exact) mass is 428 g/mol. The maximum absolute atomic E-state index is 12.7. The van der Waals surface area contributed by atoms with Crippen LogP contribution in [0.3, 0.4) is 0 Å². The first-order valence-electron chi connectivity index (χ1n) is 9.51. The molecule has 3 heterocycles. The molecule has 0 spiro atoms. The van der Waals surface area contributed by atoms with E-state index in [1.54, 1.807) is 16.9 Å². The Balaban J connectivity index is 1.55. The lowest BCUT2D eigenvalue weighted by Gasteiger charge is -2.26. The van der Waals surface area contributed by atoms with Gasteiger partial charge in [0.05, 0.1) is 16.3 Å². The van der Waals surface area contributed by atoms with Gasteiger partial charge in [-0.1, -0.05) is 17.7 Å². The number of halogens is 1. The van der Waals surface area contributed by atoms with Crippen LogP contribution >= 0.6 is 23.4 Å². The first-order chi connectivity index (χ1) is 14.0. The third kappa shape index (κ3) is 4.28. The molecular weight excluding hydrogens is 408 g/mol. The van der Waals surface area contributed by atoms with Crippen molar-refractivity contribution >= 4 is 29.3 Å². The summed E-state index contributed by atoms with van der Waals surface area (Å²) in [5, 5.41) is 13.5. The lowest BCUT2D eigenvalue weighted by atomic mass is 10.1. The van der Waals surface area contributed by atoms with Crippen LogP contribution in [0.15, 0.2) is 40.6 Å². The van der Waals surface area contributed by atoms with Crippen molar-refractivity contribution in [2.24, 2.45) is 0 Å². The molecule has 2 aromatic heterocycles. The van der Waals surface area contributed by atoms with Crippen LogP contribution in [0.2, 0.25) is 5.02 Å². The summed E-state index contributed by atoms with van der Waals surface area (Å²) < 4.78 is 1.65. The number of nitrogens with zero attached hydrogens (tertiary/aromatic N) is 6. The molecule has 150 valence electrons. The van der Waals surface area contributed by atoms with Crippen LogP contribution in [0.25, 0.3) is 5.69 Å². The van der Waals surface area contributed by atoms with E-state index in [2.05, 4.69) is 27.4 Å². The molecule has 0 radical (unpaired) electrons. The number of aryl methyl sites for hydroxylation is 2. The number of carbonyl (C=O) groups excluding carboxylic acids is 1. The lowest BCUT2D eigenvalue weighted by Crippen LogP contribution is -2.35. The Hall–Kier alpha value is -2.45. The highest BCUT2D eigenvalue weighted by Crippen LogP contribution is 2.32. The summed E-state index contributed by atoms with van der Waals surface area (Å²) in [6.07, 6.45) is 4.84. The molecule has 29 heavy (non-hydrogen) atoms. The fourth-order valence-corrected chi connectivity index (χ4v) is 4.27. The Morgan fingerprint density at radius 2 is 1.90 bits per heavy atom. The van der Waals surface area contributed by atoms with Gasteiger partial charge in [-0.05, 0) is 84.6 Å². The van der Waals surface area contributed by atoms with E-state index >= 15 is 0 Å². The minimum atomic E-state index is -0.0179. The molecule has 4 rings (SSSR count). The molecular formula is C20H21ClN6OS. The first-order valence-corrected chi connectivity index (χ1v) is 10.7. The highest BCUT2D eigenvalue weighted by Gasteiger charge is 2.20. The van der Waals surface area contributed by atoms with E-state index in [1.807, 2.05) is 30.0 Å². The van der Waals surface area contributed by atoms with Crippen molar-refractivity contribution in [1.29, 1.82) is 0 Å². The van der Waals surface area contributed by atoms with Crippen molar-refractivity contribution in [3.05, 3.63) is 52.2 Å². The van der Waals surface area contributed by atoms with Gasteiger partial charge in [-0.25, -0.2) is 4.98 Å². The van der Waals surface area contributed by atoms with Crippen LogP contribution in [0.5, 0.6) is 0 Å². The molecule has 0 aliphatic carbocycles. The Labute approximate surface area is 178 Å². The smallest absolute Gasteiger partial charge is 0.255 e. The molecule has 1 saturated heterocycles. The normalized spacial score (nSPS) is 14.2. The number of hydrogen-bond acceptors (Lipinski definition) is 6. The number of tetrazole rings is 1. The molecule has 1 amide bonds. The van der Waals surface area contributed by atoms with Gasteiger partial charge < -0.3 is 4.90 Å². The number of aromatic nitrogens is 5. The summed E-state index contributed by atoms with van der Waals surface area (Å²) in [6.45, 7) is 5.69. The Morgan fingerprint density at radius 1 is 1.10 bits per heavy atom. The van der Waals surface area contributed by atoms with E-state index < -0.39 is 0 Å². The zero-order chi connectivity index (χ0) is 20.4. The lowest BCUT2D eigenvalue weighted by molar-refractivity contribution is 0.0724. The first kappa shape index (κ1) is 19.8. The van der Waals surface area contributed by atoms with Gasteiger partial charge in [0.15, 0.2) is 0 Å². The molecule has 3 aromatic rings. The number of likely N-dealkylation sites (tertiary alicyclic amines) is 1. The molecule has 0 N–H and O–H groups in total. The number of hydrogen-bond donors (Lipinski definition) is 0. The molecule has 0 atom stereocenters. The molecule has 1 fully saturated rings. The van der Waals surface area contributed by atoms with E-state index in [0.717, 1.165) is 37.2 Å². The molecule has 1 aliphatic heterocycles. The Morgan fingerprint density at radius 3 is 2.62 bits per heavy atom. The number of amides is 1. The second-order valence-electron chi connectivity index (χ2n) is 7.11. The van der Waals surface area contributed by atoms with E-state index in [9.17, 15) is 4.79 Å². The van der Waals surface area contributed by atoms with Gasteiger partial charge in [-0.3, -0.25) is 4.79 Å². The van der Waals surface area contributed by atoms with Gasteiger partial charge in [-0.15, -0.1) is 5.10 Å². The number of rotatable bonds is 4. The highest BCUT2D eigenvalue weighted by atomic mass is 35.5. The molecule has 7 nitrogen and oxygen atoms in total. The average Bonchev–Trinajstić information content (AvgIpc) is 3.20. The van der Waals surface area contributed by atoms with Crippen molar-refractivity contribution < 1.29 is 4.79 Å². The quantitative estimate of drug-likeness (QED) is 0.622. The van der Waals surface area contributed by atoms with Crippen molar-refractivity contribution in [3.8, 4) is 5.69 Å². The number of carbonyl (C=O) groups is 1. The van der Waals surface area contributed by atoms with Gasteiger partial charge >= 0.3 is 0 Å². The standard InChI is InChI=1S/C20H21ClN6OS/c1-13-6-7-16(10-14(13)2)27-20(23-24-25-27)29-18-17(21)11-15(12-22-18)19(28)26-8-4-3-5-9-26/h6-7,10-12H,3-5,8-9H2,1-2H3. The summed E-state index contributed by atoms with van der Waals surface area (Å²) in [4.78, 5) is 18.9. The largest absolute Gasteiger partial charge is 0.339 e. The number of pyridine rings is 1. The van der Waals surface area contributed by atoms with E-state index in [-0.39, 0.29) is 5.91 Å². The topological polar surface area (TPSA) is 76.8 Å². The second-order valence-corrected chi connectivity index (χ2v) is 8.47. The molecule has 0 unspecified atom stereocenters. The van der Waals surface area contributed by atoms with Crippen LogP contribution < -0.4 is 0 Å². The van der Waals surface area contributed by atoms with Gasteiger partial charge in [0.2, 0.25) is 5.16 Å². The van der Waals surface area contributed by atoms with Crippen LogP contribution in [0.4, 0.5) is 0 Å². The molecule has 0 bridgehead atoms. The van der Waals surface area contributed by atoms with Crippen molar-refractivity contribution in [2.45, 2.75) is 43.3 Å². The van der Waals surface area contributed by atoms with Crippen molar-refractivity contribution in [3.63, 3.8) is 0 Å². The Bertz CT molecular complexity index is 1050. The number of benzene rings is 1. The molecule has 9 heteroatoms. The number of piperidine rings is 1. The maximum atomic E-state index is 12.7. The maximum Gasteiger partial charge on any atom is 0.255 e. The molecule has 1 aliphatic rings. The summed E-state index contributed by atoms with van der Waals surface area (Å²) >= 11 is 7.71. The van der Waals surface area contributed by atoms with Crippen molar-refractivity contribution in [1.82, 2.24) is 30.1 Å². The average molecular weight is 429 g/mol. The SMILES string of the molecule is Cc1ccc(-n2nnnc2Sc2ncc(C(=O)N3CCCCC3)cc2Cl)cc1C. The fourth-order valence-electron chi connectivity index (χ4n) is 3.25. The van der Waals surface area contributed by atoms with Crippen LogP contribution in [-0.4, -0.2) is 49.1 Å². The van der Waals surface area contributed by atoms with Gasteiger partial charge in [0, 0.05) is 19.3 Å². The molecule has 0 saturated carbocycles. The van der Waals surface area contributed by atoms with Crippen LogP contribution in [-0.2, 0) is 0 Å². The predicted molar refractivity (Wildman–Crippen MR) is 112 cm³/mol. The summed E-state index contributed by atoms with van der Waals surface area (Å²) in [6, 6.07) is 7.72. The summed E-state index contributed by atoms with van der Waals surface area (Å²) in [5.74, 6) is -0.0179. The minimum absolute atomic E-state index is 0.0179. The van der Waals surface area contributed by atoms with E-state index in [4.69, 9.17) is 11.6 Å². The zero-order valence-electron chi connectivity index (χ0n) is 16.3. The molecule has 1 aromatic carbocycles. The van der Waals surface area contributed by atoms with Gasteiger partial charge in [-0.2, -0.15) is 4.68 Å². The summed E-state index contributed by atoms with van der Waals surface area (Å²) in [7, 11) is 0. The van der Waals surface area contributed by atoms with E-state index in [0.29, 0.717) is 20.8 Å². The predicted octanol–water partition coefficient (Wildman–Crippen LogP) is 4.10. The minimum Gasteiger partial charge on any atom is -0.339 e. The van der Waals surface area contributed by atoms with Gasteiger partial charge in [0.1, 0.15) is 5.03 Å².